The van der Waals surface area contributed by atoms with E-state index in [1.165, 1.54) is 13.3 Å². The van der Waals surface area contributed by atoms with Gasteiger partial charge in [-0.25, -0.2) is 9.97 Å². The van der Waals surface area contributed by atoms with E-state index in [0.29, 0.717) is 29.7 Å². The van der Waals surface area contributed by atoms with E-state index in [0.717, 1.165) is 32.6 Å². The topological polar surface area (TPSA) is 81.1 Å². The number of nitrogens with zero attached hydrogens (tertiary/aromatic N) is 3. The van der Waals surface area contributed by atoms with Gasteiger partial charge < -0.3 is 19.9 Å². The highest BCUT2D eigenvalue weighted by Crippen LogP contribution is 2.37. The van der Waals surface area contributed by atoms with E-state index in [-0.39, 0.29) is 5.91 Å². The number of aromatic nitrogens is 3. The first-order valence-electron chi connectivity index (χ1n) is 10.3. The minimum absolute atomic E-state index is 0.0618. The molecule has 5 rings (SSSR count). The van der Waals surface area contributed by atoms with Crippen molar-refractivity contribution in [2.45, 2.75) is 13.5 Å². The van der Waals surface area contributed by atoms with Gasteiger partial charge in [0.25, 0.3) is 0 Å². The van der Waals surface area contributed by atoms with Gasteiger partial charge in [-0.1, -0.05) is 17.7 Å². The first kappa shape index (κ1) is 21.2. The van der Waals surface area contributed by atoms with Crippen LogP contribution in [0.5, 0.6) is 11.5 Å². The van der Waals surface area contributed by atoms with E-state index in [9.17, 15) is 4.79 Å². The molecule has 33 heavy (non-hydrogen) atoms. The number of fused-ring (bicyclic) bond motifs is 2. The molecule has 9 heteroatoms. The summed E-state index contributed by atoms with van der Waals surface area (Å²) in [6.07, 6.45) is 3.45. The van der Waals surface area contributed by atoms with E-state index in [1.807, 2.05) is 58.6 Å². The molecule has 0 unspecified atom stereocenters. The van der Waals surface area contributed by atoms with Crippen LogP contribution in [0.1, 0.15) is 6.92 Å². The van der Waals surface area contributed by atoms with Crippen molar-refractivity contribution in [3.8, 4) is 11.5 Å². The zero-order chi connectivity index (χ0) is 22.8. The lowest BCUT2D eigenvalue weighted by atomic mass is 10.2. The van der Waals surface area contributed by atoms with Crippen molar-refractivity contribution in [3.63, 3.8) is 0 Å². The van der Waals surface area contributed by atoms with Gasteiger partial charge in [-0.3, -0.25) is 4.79 Å². The number of hydrogen-bond donors (Lipinski definition) is 2. The Kier molecular flexibility index (Phi) is 5.85. The Morgan fingerprint density at radius 1 is 1.15 bits per heavy atom. The summed E-state index contributed by atoms with van der Waals surface area (Å²) in [5.74, 6) is 1.94. The van der Waals surface area contributed by atoms with Gasteiger partial charge >= 0.3 is 0 Å². The molecule has 2 N–H and O–H groups in total. The predicted molar refractivity (Wildman–Crippen MR) is 133 cm³/mol. The second kappa shape index (κ2) is 9.09. The van der Waals surface area contributed by atoms with Crippen LogP contribution in [0.2, 0.25) is 5.02 Å². The van der Waals surface area contributed by atoms with Crippen molar-refractivity contribution >= 4 is 61.5 Å². The largest absolute Gasteiger partial charge is 0.455 e. The molecular formula is C24H20ClN5O2S. The second-order valence-corrected chi connectivity index (χ2v) is 8.76. The van der Waals surface area contributed by atoms with Gasteiger partial charge in [0.15, 0.2) is 5.82 Å². The summed E-state index contributed by atoms with van der Waals surface area (Å²) in [7, 11) is 0. The third-order valence-corrected chi connectivity index (χ3v) is 6.32. The first-order chi connectivity index (χ1) is 16.1. The molecule has 2 aromatic carbocycles. The van der Waals surface area contributed by atoms with Gasteiger partial charge in [0.05, 0.1) is 10.5 Å². The lowest BCUT2D eigenvalue weighted by molar-refractivity contribution is -0.118. The molecule has 0 radical (unpaired) electrons. The molecule has 0 aliphatic heterocycles. The predicted octanol–water partition coefficient (Wildman–Crippen LogP) is 5.97. The Bertz CT molecular complexity index is 1460. The first-order valence-corrected chi connectivity index (χ1v) is 11.6. The van der Waals surface area contributed by atoms with Gasteiger partial charge in [0.2, 0.25) is 5.91 Å². The van der Waals surface area contributed by atoms with Crippen LogP contribution in [-0.4, -0.2) is 27.0 Å². The van der Waals surface area contributed by atoms with E-state index >= 15 is 0 Å². The van der Waals surface area contributed by atoms with Crippen molar-refractivity contribution in [2.75, 3.05) is 11.9 Å². The maximum atomic E-state index is 11.2. The zero-order valence-corrected chi connectivity index (χ0v) is 19.3. The number of rotatable bonds is 7. The maximum absolute atomic E-state index is 11.2. The highest BCUT2D eigenvalue weighted by atomic mass is 35.5. The molecule has 0 atom stereocenters. The Morgan fingerprint density at radius 2 is 2.06 bits per heavy atom. The lowest BCUT2D eigenvalue weighted by Crippen LogP contribution is -2.24. The SMILES string of the molecule is CC(=O)NCCn1ccc2ncnc(Nc3ccc(Oc4cccc5sccc45)c(Cl)c3)c21. The van der Waals surface area contributed by atoms with Crippen LogP contribution in [0.4, 0.5) is 11.5 Å². The number of hydrogen-bond acceptors (Lipinski definition) is 6. The summed E-state index contributed by atoms with van der Waals surface area (Å²) < 4.78 is 9.28. The standard InChI is InChI=1S/C24H20ClN5O2S/c1-15(31)26-9-11-30-10-7-19-23(30)24(28-14-27-19)29-16-5-6-21(18(25)13-16)32-20-3-2-4-22-17(20)8-12-33-22/h2-8,10,12-14H,9,11H2,1H3,(H,26,31)(H,27,28,29). The van der Waals surface area contributed by atoms with Crippen LogP contribution < -0.4 is 15.4 Å². The fraction of sp³-hybridized carbons (Fsp3) is 0.125. The molecule has 7 nitrogen and oxygen atoms in total. The number of ether oxygens (including phenoxy) is 1. The van der Waals surface area contributed by atoms with Crippen molar-refractivity contribution in [2.24, 2.45) is 0 Å². The smallest absolute Gasteiger partial charge is 0.216 e. The number of thiophene rings is 1. The number of carbonyl (C=O) groups excluding carboxylic acids is 1. The molecule has 0 fully saturated rings. The van der Waals surface area contributed by atoms with Gasteiger partial charge in [-0.05, 0) is 47.8 Å². The third kappa shape index (κ3) is 4.48. The van der Waals surface area contributed by atoms with Crippen molar-refractivity contribution < 1.29 is 9.53 Å². The summed E-state index contributed by atoms with van der Waals surface area (Å²) in [5, 5.41) is 9.73. The van der Waals surface area contributed by atoms with Gasteiger partial charge in [0.1, 0.15) is 23.3 Å². The number of amides is 1. The van der Waals surface area contributed by atoms with Crippen molar-refractivity contribution in [3.05, 3.63) is 71.5 Å². The van der Waals surface area contributed by atoms with Crippen molar-refractivity contribution in [1.29, 1.82) is 0 Å². The quantitative estimate of drug-likeness (QED) is 0.302. The number of anilines is 2. The average molecular weight is 478 g/mol. The van der Waals surface area contributed by atoms with Crippen LogP contribution >= 0.6 is 22.9 Å². The van der Waals surface area contributed by atoms with Crippen LogP contribution in [-0.2, 0) is 11.3 Å². The van der Waals surface area contributed by atoms with E-state index < -0.39 is 0 Å². The monoisotopic (exact) mass is 477 g/mol. The molecule has 3 aromatic heterocycles. The van der Waals surface area contributed by atoms with Crippen LogP contribution in [0, 0.1) is 0 Å². The van der Waals surface area contributed by atoms with Gasteiger partial charge in [0, 0.05) is 42.0 Å². The van der Waals surface area contributed by atoms with E-state index in [1.54, 1.807) is 11.3 Å². The van der Waals surface area contributed by atoms with E-state index in [2.05, 4.69) is 26.7 Å². The molecule has 1 amide bonds. The Morgan fingerprint density at radius 3 is 2.91 bits per heavy atom. The minimum atomic E-state index is -0.0618. The molecule has 3 heterocycles. The summed E-state index contributed by atoms with van der Waals surface area (Å²) >= 11 is 8.23. The maximum Gasteiger partial charge on any atom is 0.216 e. The molecule has 0 aliphatic carbocycles. The summed E-state index contributed by atoms with van der Waals surface area (Å²) in [4.78, 5) is 20.0. The summed E-state index contributed by atoms with van der Waals surface area (Å²) in [6.45, 7) is 2.62. The fourth-order valence-corrected chi connectivity index (χ4v) is 4.66. The molecule has 0 saturated carbocycles. The summed E-state index contributed by atoms with van der Waals surface area (Å²) in [6, 6.07) is 15.5. The lowest BCUT2D eigenvalue weighted by Gasteiger charge is -2.13. The normalized spacial score (nSPS) is 11.1. The number of nitrogens with one attached hydrogen (secondary N) is 2. The number of halogens is 1. The molecule has 0 aliphatic rings. The molecular weight excluding hydrogens is 458 g/mol. The summed E-state index contributed by atoms with van der Waals surface area (Å²) in [5.41, 5.74) is 2.43. The highest BCUT2D eigenvalue weighted by molar-refractivity contribution is 7.17. The van der Waals surface area contributed by atoms with Crippen molar-refractivity contribution in [1.82, 2.24) is 19.9 Å². The highest BCUT2D eigenvalue weighted by Gasteiger charge is 2.12. The molecule has 0 saturated heterocycles. The minimum Gasteiger partial charge on any atom is -0.455 e. The number of benzene rings is 2. The van der Waals surface area contributed by atoms with Gasteiger partial charge in [-0.15, -0.1) is 11.3 Å². The Labute approximate surface area is 199 Å². The Balaban J connectivity index is 1.39. The second-order valence-electron chi connectivity index (χ2n) is 7.41. The molecule has 5 aromatic rings. The molecule has 166 valence electrons. The van der Waals surface area contributed by atoms with Crippen LogP contribution in [0.15, 0.2) is 66.4 Å². The molecule has 0 spiro atoms. The van der Waals surface area contributed by atoms with Gasteiger partial charge in [-0.2, -0.15) is 0 Å². The fourth-order valence-electron chi connectivity index (χ4n) is 3.63. The zero-order valence-electron chi connectivity index (χ0n) is 17.7. The third-order valence-electron chi connectivity index (χ3n) is 5.15. The van der Waals surface area contributed by atoms with Crippen LogP contribution in [0.25, 0.3) is 21.1 Å². The van der Waals surface area contributed by atoms with E-state index in [4.69, 9.17) is 16.3 Å². The average Bonchev–Trinajstić information content (AvgIpc) is 3.44. The molecule has 0 bridgehead atoms. The van der Waals surface area contributed by atoms with Crippen LogP contribution in [0.3, 0.4) is 0 Å². The number of carbonyl (C=O) groups is 1. The Hall–Kier alpha value is -3.62.